The van der Waals surface area contributed by atoms with Crippen molar-refractivity contribution in [3.8, 4) is 0 Å². The first-order chi connectivity index (χ1) is 9.95. The van der Waals surface area contributed by atoms with Gasteiger partial charge < -0.3 is 5.32 Å². The number of nitrogens with zero attached hydrogens (tertiary/aromatic N) is 3. The molecule has 0 atom stereocenters. The van der Waals surface area contributed by atoms with E-state index < -0.39 is 16.6 Å². The van der Waals surface area contributed by atoms with E-state index in [1.807, 2.05) is 0 Å². The highest BCUT2D eigenvalue weighted by Gasteiger charge is 2.13. The Morgan fingerprint density at radius 3 is 2.90 bits per heavy atom. The number of carbonyl (C=O) groups is 1. The minimum absolute atomic E-state index is 0.0107. The van der Waals surface area contributed by atoms with Crippen LogP contribution in [0.4, 0.5) is 15.8 Å². The summed E-state index contributed by atoms with van der Waals surface area (Å²) in [6, 6.07) is 2.95. The number of thioether (sulfide) groups is 1. The summed E-state index contributed by atoms with van der Waals surface area (Å²) < 4.78 is 14.1. The van der Waals surface area contributed by atoms with Crippen molar-refractivity contribution in [3.05, 3.63) is 39.1 Å². The van der Waals surface area contributed by atoms with Gasteiger partial charge in [-0.3, -0.25) is 14.9 Å². The molecule has 21 heavy (non-hydrogen) atoms. The number of amides is 1. The Kier molecular flexibility index (Phi) is 4.81. The molecule has 0 aliphatic rings. The van der Waals surface area contributed by atoms with Crippen molar-refractivity contribution in [2.24, 2.45) is 0 Å². The second-order valence-electron chi connectivity index (χ2n) is 3.85. The third kappa shape index (κ3) is 4.20. The maximum atomic E-state index is 13.5. The number of non-ortho nitro benzene ring substituents is 1. The summed E-state index contributed by atoms with van der Waals surface area (Å²) in [6.07, 6.45) is 0. The number of nitrogens with one attached hydrogen (secondary N) is 1. The Morgan fingerprint density at radius 2 is 2.29 bits per heavy atom. The first kappa shape index (κ1) is 15.3. The lowest BCUT2D eigenvalue weighted by atomic mass is 10.2. The molecule has 0 spiro atoms. The smallest absolute Gasteiger partial charge is 0.271 e. The highest BCUT2D eigenvalue weighted by atomic mass is 32.2. The van der Waals surface area contributed by atoms with Gasteiger partial charge >= 0.3 is 0 Å². The third-order valence-corrected chi connectivity index (χ3v) is 4.24. The fourth-order valence-corrected chi connectivity index (χ4v) is 2.99. The SMILES string of the molecule is Cc1nnc(SCC(=O)Nc2cc([N+](=O)[O-])ccc2F)s1. The fraction of sp³-hybridized carbons (Fsp3) is 0.182. The monoisotopic (exact) mass is 328 g/mol. The normalized spacial score (nSPS) is 10.4. The number of anilines is 1. The van der Waals surface area contributed by atoms with Gasteiger partial charge in [0.1, 0.15) is 10.8 Å². The molecular formula is C11H9FN4O3S2. The van der Waals surface area contributed by atoms with Crippen molar-refractivity contribution in [2.45, 2.75) is 11.3 Å². The van der Waals surface area contributed by atoms with Gasteiger partial charge in [-0.05, 0) is 13.0 Å². The molecule has 7 nitrogen and oxygen atoms in total. The summed E-state index contributed by atoms with van der Waals surface area (Å²) >= 11 is 2.50. The van der Waals surface area contributed by atoms with Crippen LogP contribution in [0.5, 0.6) is 0 Å². The van der Waals surface area contributed by atoms with E-state index in [4.69, 9.17) is 0 Å². The molecule has 0 bridgehead atoms. The summed E-state index contributed by atoms with van der Waals surface area (Å²) in [7, 11) is 0. The number of carbonyl (C=O) groups excluding carboxylic acids is 1. The predicted octanol–water partition coefficient (Wildman–Crippen LogP) is 2.62. The molecule has 0 fully saturated rings. The van der Waals surface area contributed by atoms with Crippen LogP contribution in [0.25, 0.3) is 0 Å². The predicted molar refractivity (Wildman–Crippen MR) is 77.1 cm³/mol. The fourth-order valence-electron chi connectivity index (χ4n) is 1.37. The van der Waals surface area contributed by atoms with Crippen molar-refractivity contribution < 1.29 is 14.1 Å². The van der Waals surface area contributed by atoms with Crippen molar-refractivity contribution in [1.82, 2.24) is 10.2 Å². The van der Waals surface area contributed by atoms with Crippen LogP contribution in [0, 0.1) is 22.9 Å². The molecule has 110 valence electrons. The van der Waals surface area contributed by atoms with E-state index in [2.05, 4.69) is 15.5 Å². The lowest BCUT2D eigenvalue weighted by molar-refractivity contribution is -0.384. The van der Waals surface area contributed by atoms with E-state index >= 15 is 0 Å². The van der Waals surface area contributed by atoms with Crippen LogP contribution < -0.4 is 5.32 Å². The Bertz CT molecular complexity index is 692. The minimum Gasteiger partial charge on any atom is -0.323 e. The molecule has 10 heteroatoms. The molecule has 2 aromatic rings. The molecule has 1 aromatic carbocycles. The maximum Gasteiger partial charge on any atom is 0.271 e. The van der Waals surface area contributed by atoms with Crippen LogP contribution in [0.15, 0.2) is 22.5 Å². The van der Waals surface area contributed by atoms with Crippen LogP contribution in [0.1, 0.15) is 5.01 Å². The van der Waals surface area contributed by atoms with Gasteiger partial charge in [0.05, 0.1) is 16.4 Å². The lowest BCUT2D eigenvalue weighted by Gasteiger charge is -2.05. The molecule has 1 N–H and O–H groups in total. The number of aromatic nitrogens is 2. The number of nitro groups is 1. The largest absolute Gasteiger partial charge is 0.323 e. The van der Waals surface area contributed by atoms with E-state index in [0.717, 1.165) is 35.0 Å². The number of hydrogen-bond acceptors (Lipinski definition) is 7. The van der Waals surface area contributed by atoms with Crippen molar-refractivity contribution in [1.29, 1.82) is 0 Å². The average molecular weight is 328 g/mol. The summed E-state index contributed by atoms with van der Waals surface area (Å²) in [5, 5.41) is 21.3. The molecule has 0 unspecified atom stereocenters. The molecule has 1 heterocycles. The molecular weight excluding hydrogens is 319 g/mol. The zero-order chi connectivity index (χ0) is 15.4. The molecule has 0 aliphatic carbocycles. The van der Waals surface area contributed by atoms with E-state index in [0.29, 0.717) is 4.34 Å². The van der Waals surface area contributed by atoms with Gasteiger partial charge in [-0.2, -0.15) is 0 Å². The van der Waals surface area contributed by atoms with E-state index in [1.165, 1.54) is 11.3 Å². The average Bonchev–Trinajstić information content (AvgIpc) is 2.84. The van der Waals surface area contributed by atoms with Crippen LogP contribution in [0.2, 0.25) is 0 Å². The summed E-state index contributed by atoms with van der Waals surface area (Å²) in [6.45, 7) is 1.79. The molecule has 1 aromatic heterocycles. The van der Waals surface area contributed by atoms with Crippen LogP contribution in [-0.2, 0) is 4.79 Å². The Morgan fingerprint density at radius 1 is 1.52 bits per heavy atom. The van der Waals surface area contributed by atoms with Gasteiger partial charge in [0.15, 0.2) is 4.34 Å². The van der Waals surface area contributed by atoms with Crippen molar-refractivity contribution >= 4 is 40.4 Å². The number of halogens is 1. The van der Waals surface area contributed by atoms with Gasteiger partial charge in [0.25, 0.3) is 5.69 Å². The summed E-state index contributed by atoms with van der Waals surface area (Å²) in [5.41, 5.74) is -0.512. The Labute approximate surface area is 126 Å². The summed E-state index contributed by atoms with van der Waals surface area (Å²) in [5.74, 6) is -1.20. The van der Waals surface area contributed by atoms with Crippen molar-refractivity contribution in [2.75, 3.05) is 11.1 Å². The van der Waals surface area contributed by atoms with Gasteiger partial charge in [-0.25, -0.2) is 4.39 Å². The van der Waals surface area contributed by atoms with Gasteiger partial charge in [0, 0.05) is 12.1 Å². The first-order valence-electron chi connectivity index (χ1n) is 5.62. The van der Waals surface area contributed by atoms with E-state index in [-0.39, 0.29) is 17.1 Å². The molecule has 0 saturated heterocycles. The third-order valence-electron chi connectivity index (χ3n) is 2.27. The molecule has 2 rings (SSSR count). The number of benzene rings is 1. The van der Waals surface area contributed by atoms with Crippen LogP contribution in [-0.4, -0.2) is 26.8 Å². The Hall–Kier alpha value is -2.07. The minimum atomic E-state index is -0.731. The maximum absolute atomic E-state index is 13.5. The molecule has 1 amide bonds. The molecule has 0 radical (unpaired) electrons. The van der Waals surface area contributed by atoms with Crippen molar-refractivity contribution in [3.63, 3.8) is 0 Å². The number of rotatable bonds is 5. The Balaban J connectivity index is 1.99. The number of nitro benzene ring substituents is 1. The standard InChI is InChI=1S/C11H9FN4O3S2/c1-6-14-15-11(21-6)20-5-10(17)13-9-4-7(16(18)19)2-3-8(9)12/h2-4H,5H2,1H3,(H,13,17). The van der Waals surface area contributed by atoms with Crippen LogP contribution >= 0.6 is 23.1 Å². The summed E-state index contributed by atoms with van der Waals surface area (Å²) in [4.78, 5) is 21.7. The number of aryl methyl sites for hydroxylation is 1. The van der Waals surface area contributed by atoms with E-state index in [1.54, 1.807) is 6.92 Å². The van der Waals surface area contributed by atoms with Gasteiger partial charge in [-0.15, -0.1) is 10.2 Å². The van der Waals surface area contributed by atoms with Gasteiger partial charge in [-0.1, -0.05) is 23.1 Å². The van der Waals surface area contributed by atoms with Gasteiger partial charge in [0.2, 0.25) is 5.91 Å². The first-order valence-corrected chi connectivity index (χ1v) is 7.42. The topological polar surface area (TPSA) is 98.0 Å². The molecule has 0 saturated carbocycles. The lowest BCUT2D eigenvalue weighted by Crippen LogP contribution is -2.15. The zero-order valence-electron chi connectivity index (χ0n) is 10.7. The van der Waals surface area contributed by atoms with E-state index in [9.17, 15) is 19.3 Å². The highest BCUT2D eigenvalue weighted by molar-refractivity contribution is 8.01. The quantitative estimate of drug-likeness (QED) is 0.515. The second kappa shape index (κ2) is 6.59. The zero-order valence-corrected chi connectivity index (χ0v) is 12.3. The number of hydrogen-bond donors (Lipinski definition) is 1. The molecule has 0 aliphatic heterocycles. The second-order valence-corrected chi connectivity index (χ2v) is 6.25. The highest BCUT2D eigenvalue weighted by Crippen LogP contribution is 2.24. The van der Waals surface area contributed by atoms with Crippen LogP contribution in [0.3, 0.4) is 0 Å².